The van der Waals surface area contributed by atoms with Gasteiger partial charge in [0.2, 0.25) is 0 Å². The van der Waals surface area contributed by atoms with E-state index < -0.39 is 0 Å². The standard InChI is InChI=1S/C23H24ClN5S2/c1-15-10-21(24)31-22(15)20-5-3-17(30-20)13-29-8-6-28(7-9-29)12-16-2-4-18-19(11-16)26-14-27-23(18)25/h2-5,10-11,14H,6-9,12-13H2,1H3,(H2,25,26,27). The fourth-order valence-corrected chi connectivity index (χ4v) is 6.60. The van der Waals surface area contributed by atoms with Crippen LogP contribution < -0.4 is 5.73 Å². The van der Waals surface area contributed by atoms with Gasteiger partial charge in [-0.2, -0.15) is 0 Å². The first kappa shape index (κ1) is 20.8. The van der Waals surface area contributed by atoms with Crippen molar-refractivity contribution >= 4 is 51.0 Å². The zero-order chi connectivity index (χ0) is 21.4. The van der Waals surface area contributed by atoms with Gasteiger partial charge in [0.25, 0.3) is 0 Å². The van der Waals surface area contributed by atoms with Crippen LogP contribution in [0.15, 0.2) is 42.7 Å². The second-order valence-electron chi connectivity index (χ2n) is 7.99. The van der Waals surface area contributed by atoms with Crippen molar-refractivity contribution in [2.24, 2.45) is 0 Å². The molecule has 4 heterocycles. The third-order valence-corrected chi connectivity index (χ3v) is 8.37. The molecule has 31 heavy (non-hydrogen) atoms. The van der Waals surface area contributed by atoms with Gasteiger partial charge in [-0.15, -0.1) is 22.7 Å². The van der Waals surface area contributed by atoms with E-state index >= 15 is 0 Å². The Bertz CT molecular complexity index is 1210. The highest BCUT2D eigenvalue weighted by Crippen LogP contribution is 2.38. The Morgan fingerprint density at radius 3 is 2.48 bits per heavy atom. The summed E-state index contributed by atoms with van der Waals surface area (Å²) in [6.07, 6.45) is 1.53. The summed E-state index contributed by atoms with van der Waals surface area (Å²) in [6, 6.07) is 12.9. The van der Waals surface area contributed by atoms with Gasteiger partial charge in [-0.1, -0.05) is 17.7 Å². The zero-order valence-corrected chi connectivity index (χ0v) is 19.7. The van der Waals surface area contributed by atoms with E-state index in [-0.39, 0.29) is 0 Å². The van der Waals surface area contributed by atoms with Gasteiger partial charge in [-0.25, -0.2) is 9.97 Å². The Hall–Kier alpha value is -2.03. The van der Waals surface area contributed by atoms with Crippen molar-refractivity contribution in [1.82, 2.24) is 19.8 Å². The predicted molar refractivity (Wildman–Crippen MR) is 132 cm³/mol. The number of halogens is 1. The maximum absolute atomic E-state index is 6.18. The minimum Gasteiger partial charge on any atom is -0.383 e. The molecule has 1 aromatic carbocycles. The molecule has 0 atom stereocenters. The first-order valence-corrected chi connectivity index (χ1v) is 12.3. The summed E-state index contributed by atoms with van der Waals surface area (Å²) in [6.45, 7) is 8.40. The lowest BCUT2D eigenvalue weighted by molar-refractivity contribution is 0.123. The number of thiophene rings is 2. The molecule has 2 N–H and O–H groups in total. The molecule has 0 aliphatic carbocycles. The first-order chi connectivity index (χ1) is 15.0. The lowest BCUT2D eigenvalue weighted by Crippen LogP contribution is -2.45. The highest BCUT2D eigenvalue weighted by atomic mass is 35.5. The van der Waals surface area contributed by atoms with Crippen LogP contribution in [-0.2, 0) is 13.1 Å². The highest BCUT2D eigenvalue weighted by Gasteiger charge is 2.18. The van der Waals surface area contributed by atoms with Crippen LogP contribution in [0.2, 0.25) is 4.34 Å². The summed E-state index contributed by atoms with van der Waals surface area (Å²) in [5.41, 5.74) is 9.39. The van der Waals surface area contributed by atoms with Crippen molar-refractivity contribution in [2.45, 2.75) is 20.0 Å². The lowest BCUT2D eigenvalue weighted by atomic mass is 10.1. The number of piperazine rings is 1. The van der Waals surface area contributed by atoms with Crippen molar-refractivity contribution < 1.29 is 0 Å². The summed E-state index contributed by atoms with van der Waals surface area (Å²) >= 11 is 9.74. The summed E-state index contributed by atoms with van der Waals surface area (Å²) in [5.74, 6) is 0.541. The Kier molecular flexibility index (Phi) is 5.95. The molecule has 0 unspecified atom stereocenters. The SMILES string of the molecule is Cc1cc(Cl)sc1-c1ccc(CN2CCN(Cc3ccc4c(N)ncnc4c3)CC2)s1. The number of anilines is 1. The Balaban J connectivity index is 1.17. The molecule has 0 bridgehead atoms. The molecule has 0 radical (unpaired) electrons. The molecular formula is C23H24ClN5S2. The number of nitrogen functional groups attached to an aromatic ring is 1. The molecule has 160 valence electrons. The molecular weight excluding hydrogens is 446 g/mol. The average molecular weight is 470 g/mol. The number of hydrogen-bond donors (Lipinski definition) is 1. The van der Waals surface area contributed by atoms with Gasteiger partial charge in [0, 0.05) is 59.3 Å². The third kappa shape index (κ3) is 4.61. The van der Waals surface area contributed by atoms with Crippen LogP contribution in [0, 0.1) is 6.92 Å². The Morgan fingerprint density at radius 1 is 0.968 bits per heavy atom. The van der Waals surface area contributed by atoms with Crippen molar-refractivity contribution in [2.75, 3.05) is 31.9 Å². The zero-order valence-electron chi connectivity index (χ0n) is 17.3. The molecule has 1 aliphatic rings. The summed E-state index contributed by atoms with van der Waals surface area (Å²) in [5, 5.41) is 0.923. The van der Waals surface area contributed by atoms with Crippen LogP contribution in [0.3, 0.4) is 0 Å². The maximum Gasteiger partial charge on any atom is 0.134 e. The normalized spacial score (nSPS) is 15.7. The molecule has 0 spiro atoms. The Labute approximate surface area is 195 Å². The molecule has 0 amide bonds. The molecule has 5 rings (SSSR count). The van der Waals surface area contributed by atoms with E-state index in [1.807, 2.05) is 17.4 Å². The van der Waals surface area contributed by atoms with Crippen molar-refractivity contribution in [1.29, 1.82) is 0 Å². The molecule has 1 fully saturated rings. The van der Waals surface area contributed by atoms with Gasteiger partial charge in [-0.05, 0) is 48.4 Å². The van der Waals surface area contributed by atoms with E-state index in [0.717, 1.165) is 54.5 Å². The van der Waals surface area contributed by atoms with Gasteiger partial charge < -0.3 is 5.73 Å². The van der Waals surface area contributed by atoms with Gasteiger partial charge >= 0.3 is 0 Å². The van der Waals surface area contributed by atoms with Gasteiger partial charge in [0.15, 0.2) is 0 Å². The molecule has 5 nitrogen and oxygen atoms in total. The maximum atomic E-state index is 6.18. The van der Waals surface area contributed by atoms with Crippen molar-refractivity contribution in [3.8, 4) is 9.75 Å². The number of benzene rings is 1. The topological polar surface area (TPSA) is 58.3 Å². The smallest absolute Gasteiger partial charge is 0.134 e. The highest BCUT2D eigenvalue weighted by molar-refractivity contribution is 7.24. The van der Waals surface area contributed by atoms with Gasteiger partial charge in [-0.3, -0.25) is 9.80 Å². The lowest BCUT2D eigenvalue weighted by Gasteiger charge is -2.34. The minimum atomic E-state index is 0.541. The van der Waals surface area contributed by atoms with E-state index in [9.17, 15) is 0 Å². The second kappa shape index (κ2) is 8.84. The van der Waals surface area contributed by atoms with E-state index in [1.54, 1.807) is 11.3 Å². The van der Waals surface area contributed by atoms with Crippen LogP contribution in [0.25, 0.3) is 20.7 Å². The summed E-state index contributed by atoms with van der Waals surface area (Å²) < 4.78 is 0.862. The van der Waals surface area contributed by atoms with Crippen molar-refractivity contribution in [3.63, 3.8) is 0 Å². The predicted octanol–water partition coefficient (Wildman–Crippen LogP) is 5.28. The molecule has 0 saturated carbocycles. The molecule has 3 aromatic heterocycles. The number of nitrogens with two attached hydrogens (primary N) is 1. The largest absolute Gasteiger partial charge is 0.383 e. The van der Waals surface area contributed by atoms with Crippen LogP contribution in [-0.4, -0.2) is 45.9 Å². The Morgan fingerprint density at radius 2 is 1.74 bits per heavy atom. The first-order valence-electron chi connectivity index (χ1n) is 10.3. The van der Waals surface area contributed by atoms with Gasteiger partial charge in [0.1, 0.15) is 12.1 Å². The van der Waals surface area contributed by atoms with Crippen LogP contribution >= 0.6 is 34.3 Å². The molecule has 4 aromatic rings. The van der Waals surface area contributed by atoms with Crippen LogP contribution in [0.5, 0.6) is 0 Å². The van der Waals surface area contributed by atoms with E-state index in [1.165, 1.54) is 32.1 Å². The number of rotatable bonds is 5. The average Bonchev–Trinajstić information content (AvgIpc) is 3.35. The monoisotopic (exact) mass is 469 g/mol. The summed E-state index contributed by atoms with van der Waals surface area (Å²) in [4.78, 5) is 17.5. The number of aryl methyl sites for hydroxylation is 1. The third-order valence-electron chi connectivity index (χ3n) is 5.76. The number of aromatic nitrogens is 2. The van der Waals surface area contributed by atoms with E-state index in [2.05, 4.69) is 57.0 Å². The quantitative estimate of drug-likeness (QED) is 0.430. The minimum absolute atomic E-state index is 0.541. The molecule has 1 saturated heterocycles. The number of nitrogens with zero attached hydrogens (tertiary/aromatic N) is 4. The van der Waals surface area contributed by atoms with Crippen LogP contribution in [0.1, 0.15) is 16.0 Å². The van der Waals surface area contributed by atoms with Gasteiger partial charge in [0.05, 0.1) is 9.85 Å². The molecule has 8 heteroatoms. The second-order valence-corrected chi connectivity index (χ2v) is 10.8. The van der Waals surface area contributed by atoms with E-state index in [4.69, 9.17) is 17.3 Å². The van der Waals surface area contributed by atoms with Crippen molar-refractivity contribution in [3.05, 3.63) is 63.1 Å². The number of hydrogen-bond acceptors (Lipinski definition) is 7. The van der Waals surface area contributed by atoms with Crippen LogP contribution in [0.4, 0.5) is 5.82 Å². The number of fused-ring (bicyclic) bond motifs is 1. The summed E-state index contributed by atoms with van der Waals surface area (Å²) in [7, 11) is 0. The fourth-order valence-electron chi connectivity index (χ4n) is 4.08. The van der Waals surface area contributed by atoms with E-state index in [0.29, 0.717) is 5.82 Å². The fraction of sp³-hybridized carbons (Fsp3) is 0.304. The molecule has 1 aliphatic heterocycles.